The molecule has 0 spiro atoms. The molecule has 12 heteroatoms. The van der Waals surface area contributed by atoms with Crippen molar-refractivity contribution in [1.29, 1.82) is 0 Å². The molecule has 0 heterocycles. The lowest BCUT2D eigenvalue weighted by Gasteiger charge is -2.32. The van der Waals surface area contributed by atoms with E-state index in [1.807, 2.05) is 27.7 Å². The first-order valence-electron chi connectivity index (χ1n) is 15.1. The summed E-state index contributed by atoms with van der Waals surface area (Å²) in [6, 6.07) is 11.4. The van der Waals surface area contributed by atoms with Gasteiger partial charge in [-0.2, -0.15) is 0 Å². The van der Waals surface area contributed by atoms with E-state index in [9.17, 15) is 24.3 Å². The minimum atomic E-state index is -1.38. The van der Waals surface area contributed by atoms with E-state index < -0.39 is 42.7 Å². The van der Waals surface area contributed by atoms with Crippen LogP contribution in [0.4, 0.5) is 11.4 Å². The van der Waals surface area contributed by atoms with E-state index in [4.69, 9.17) is 16.2 Å². The summed E-state index contributed by atoms with van der Waals surface area (Å²) in [6.45, 7) is 18.8. The molecule has 2 aromatic carbocycles. The van der Waals surface area contributed by atoms with Crippen LogP contribution in [0, 0.1) is 10.8 Å². The number of anilines is 1. The summed E-state index contributed by atoms with van der Waals surface area (Å²) in [5.74, 6) is -2.90. The molecule has 250 valence electrons. The van der Waals surface area contributed by atoms with Crippen LogP contribution < -0.4 is 32.2 Å². The number of ether oxygens (including phenoxy) is 1. The number of carbonyl (C=O) groups excluding carboxylic acids is 3. The largest absolute Gasteiger partial charge is 0.493 e. The number of guanidine groups is 1. The maximum atomic E-state index is 12.8. The predicted octanol–water partition coefficient (Wildman–Crippen LogP) is 4.81. The number of rotatable bonds is 13. The van der Waals surface area contributed by atoms with Crippen molar-refractivity contribution in [3.8, 4) is 5.75 Å². The highest BCUT2D eigenvalue weighted by Gasteiger charge is 2.27. The molecule has 0 radical (unpaired) electrons. The first-order valence-corrected chi connectivity index (χ1v) is 15.1. The third-order valence-corrected chi connectivity index (χ3v) is 5.57. The Morgan fingerprint density at radius 1 is 0.933 bits per heavy atom. The molecule has 0 saturated carbocycles. The molecule has 0 aliphatic rings. The van der Waals surface area contributed by atoms with Gasteiger partial charge in [-0.25, -0.2) is 4.99 Å². The van der Waals surface area contributed by atoms with Crippen molar-refractivity contribution >= 4 is 41.0 Å². The number of hydrogen-bond acceptors (Lipinski definition) is 6. The minimum absolute atomic E-state index is 0.0372. The number of carbonyl (C=O) groups is 4. The molecule has 0 aliphatic carbocycles. The Kier molecular flexibility index (Phi) is 17.6. The molecule has 12 nitrogen and oxygen atoms in total. The van der Waals surface area contributed by atoms with Gasteiger partial charge < -0.3 is 37.3 Å². The zero-order valence-corrected chi connectivity index (χ0v) is 28.1. The Bertz CT molecular complexity index is 1270. The van der Waals surface area contributed by atoms with E-state index in [0.29, 0.717) is 23.7 Å². The molecule has 0 saturated heterocycles. The van der Waals surface area contributed by atoms with E-state index in [0.717, 1.165) is 6.42 Å². The summed E-state index contributed by atoms with van der Waals surface area (Å²) in [6.07, 6.45) is 0.317. The Morgan fingerprint density at radius 2 is 1.53 bits per heavy atom. The van der Waals surface area contributed by atoms with Crippen molar-refractivity contribution in [2.75, 3.05) is 18.5 Å². The van der Waals surface area contributed by atoms with Crippen LogP contribution in [-0.2, 0) is 14.4 Å². The Labute approximate surface area is 267 Å². The van der Waals surface area contributed by atoms with Gasteiger partial charge in [-0.05, 0) is 59.7 Å². The number of aliphatic carboxylic acids is 1. The van der Waals surface area contributed by atoms with Crippen molar-refractivity contribution in [2.24, 2.45) is 27.3 Å². The highest BCUT2D eigenvalue weighted by molar-refractivity contribution is 6.00. The third kappa shape index (κ3) is 17.3. The molecule has 2 rings (SSSR count). The maximum absolute atomic E-state index is 12.8. The molecule has 0 fully saturated rings. The average molecular weight is 629 g/mol. The van der Waals surface area contributed by atoms with Crippen LogP contribution >= 0.6 is 0 Å². The number of carboxylic acid groups (broad SMARTS) is 1. The summed E-state index contributed by atoms with van der Waals surface area (Å²) in [4.78, 5) is 52.9. The monoisotopic (exact) mass is 628 g/mol. The van der Waals surface area contributed by atoms with Crippen LogP contribution in [0.15, 0.2) is 53.5 Å². The fourth-order valence-electron chi connectivity index (χ4n) is 4.39. The van der Waals surface area contributed by atoms with Crippen molar-refractivity contribution in [3.05, 3.63) is 54.1 Å². The van der Waals surface area contributed by atoms with Crippen LogP contribution in [0.2, 0.25) is 0 Å². The van der Waals surface area contributed by atoms with Crippen LogP contribution in [0.3, 0.4) is 0 Å². The molecule has 0 bridgehead atoms. The van der Waals surface area contributed by atoms with E-state index >= 15 is 0 Å². The highest BCUT2D eigenvalue weighted by Crippen LogP contribution is 2.33. The number of nitrogens with one attached hydrogen (secondary N) is 3. The molecule has 45 heavy (non-hydrogen) atoms. The summed E-state index contributed by atoms with van der Waals surface area (Å²) in [5, 5.41) is 16.6. The van der Waals surface area contributed by atoms with Crippen LogP contribution in [0.5, 0.6) is 5.75 Å². The lowest BCUT2D eigenvalue weighted by molar-refractivity contribution is -0.139. The first-order chi connectivity index (χ1) is 21.0. The molecule has 0 aromatic heterocycles. The molecule has 2 aromatic rings. The normalized spacial score (nSPS) is 11.2. The highest BCUT2D eigenvalue weighted by atomic mass is 16.5. The van der Waals surface area contributed by atoms with Crippen LogP contribution in [-0.4, -0.2) is 54.0 Å². The lowest BCUT2D eigenvalue weighted by Crippen LogP contribution is -2.48. The number of nitrogens with two attached hydrogens (primary N) is 2. The molecule has 8 N–H and O–H groups in total. The molecule has 1 atom stereocenters. The lowest BCUT2D eigenvalue weighted by atomic mass is 9.77. The van der Waals surface area contributed by atoms with Gasteiger partial charge >= 0.3 is 5.97 Å². The van der Waals surface area contributed by atoms with Crippen LogP contribution in [0.1, 0.15) is 85.5 Å². The van der Waals surface area contributed by atoms with Gasteiger partial charge in [0.05, 0.1) is 25.3 Å². The van der Waals surface area contributed by atoms with E-state index in [2.05, 4.69) is 55.6 Å². The second-order valence-corrected chi connectivity index (χ2v) is 11.7. The summed E-state index contributed by atoms with van der Waals surface area (Å²) >= 11 is 0. The standard InChI is InChI=1S/C29H40N6O6.2C2H6/c1-28(2,3)16-29(4,5)17-41-21-11-9-19(10-12-21)33-26(40)22(14-24(37)38)35-23(36)15-32-25(39)18-7-6-8-20(13-18)34-27(30)31;2*1-2/h6-13,22H,14-17H2,1-5H3,(H,32,39)(H,33,40)(H,35,36)(H,37,38)(H4,30,31,34);2*1-2H3/t22-;;/m0../s1. The third-order valence-electron chi connectivity index (χ3n) is 5.57. The molecular weight excluding hydrogens is 576 g/mol. The zero-order chi connectivity index (χ0) is 34.8. The van der Waals surface area contributed by atoms with Gasteiger partial charge in [0.15, 0.2) is 5.96 Å². The summed E-state index contributed by atoms with van der Waals surface area (Å²) in [5.41, 5.74) is 11.8. The van der Waals surface area contributed by atoms with Gasteiger partial charge in [0, 0.05) is 11.3 Å². The Balaban J connectivity index is 0.00000464. The van der Waals surface area contributed by atoms with Crippen molar-refractivity contribution in [1.82, 2.24) is 10.6 Å². The van der Waals surface area contributed by atoms with Gasteiger partial charge in [-0.3, -0.25) is 19.2 Å². The zero-order valence-electron chi connectivity index (χ0n) is 28.1. The second-order valence-electron chi connectivity index (χ2n) is 11.7. The molecule has 0 aliphatic heterocycles. The molecule has 0 unspecified atom stereocenters. The topological polar surface area (TPSA) is 198 Å². The van der Waals surface area contributed by atoms with Gasteiger partial charge in [0.2, 0.25) is 11.8 Å². The van der Waals surface area contributed by atoms with Gasteiger partial charge in [-0.1, -0.05) is 68.4 Å². The Morgan fingerprint density at radius 3 is 2.07 bits per heavy atom. The van der Waals surface area contributed by atoms with Crippen molar-refractivity contribution < 1.29 is 29.0 Å². The van der Waals surface area contributed by atoms with E-state index in [1.54, 1.807) is 36.4 Å². The predicted molar refractivity (Wildman–Crippen MR) is 180 cm³/mol. The smallest absolute Gasteiger partial charge is 0.305 e. The van der Waals surface area contributed by atoms with E-state index in [-0.39, 0.29) is 22.4 Å². The number of aliphatic imine (C=N–C) groups is 1. The SMILES string of the molecule is CC.CC.CC(C)(C)CC(C)(C)COc1ccc(NC(=O)[C@H](CC(=O)O)NC(=O)CNC(=O)c2cccc(N=C(N)N)c2)cc1. The number of nitrogens with zero attached hydrogens (tertiary/aromatic N) is 1. The number of carboxylic acids is 1. The summed E-state index contributed by atoms with van der Waals surface area (Å²) in [7, 11) is 0. The average Bonchev–Trinajstić information content (AvgIpc) is 2.95. The molecular formula is C33H52N6O6. The fourth-order valence-corrected chi connectivity index (χ4v) is 4.39. The number of hydrogen-bond donors (Lipinski definition) is 6. The first kappa shape index (κ1) is 40.4. The minimum Gasteiger partial charge on any atom is -0.493 e. The quantitative estimate of drug-likeness (QED) is 0.134. The Hall–Kier alpha value is -4.61. The van der Waals surface area contributed by atoms with Crippen LogP contribution in [0.25, 0.3) is 0 Å². The number of amides is 3. The van der Waals surface area contributed by atoms with Crippen molar-refractivity contribution in [2.45, 2.75) is 81.2 Å². The van der Waals surface area contributed by atoms with Gasteiger partial charge in [0.1, 0.15) is 11.8 Å². The van der Waals surface area contributed by atoms with Gasteiger partial charge in [0.25, 0.3) is 5.91 Å². The molecule has 3 amide bonds. The fraction of sp³-hybridized carbons (Fsp3) is 0.485. The summed E-state index contributed by atoms with van der Waals surface area (Å²) < 4.78 is 5.93. The van der Waals surface area contributed by atoms with Gasteiger partial charge in [-0.15, -0.1) is 0 Å². The van der Waals surface area contributed by atoms with Crippen molar-refractivity contribution in [3.63, 3.8) is 0 Å². The number of benzene rings is 2. The van der Waals surface area contributed by atoms with E-state index in [1.165, 1.54) is 12.1 Å². The maximum Gasteiger partial charge on any atom is 0.305 e. The second kappa shape index (κ2) is 19.6.